The van der Waals surface area contributed by atoms with Gasteiger partial charge in [0.2, 0.25) is 10.0 Å². The van der Waals surface area contributed by atoms with Crippen molar-refractivity contribution in [3.05, 3.63) is 26.2 Å². The number of halogens is 2. The molecule has 2 rings (SSSR count). The molecule has 1 aliphatic carbocycles. The maximum atomic E-state index is 11.6. The molecule has 1 aromatic rings. The SMILES string of the molecule is O=S(=O)(Nc1ccc(Br)c(I)c1)C1CC1. The average molecular weight is 402 g/mol. The van der Waals surface area contributed by atoms with E-state index in [1.165, 1.54) is 0 Å². The van der Waals surface area contributed by atoms with Crippen molar-refractivity contribution in [2.24, 2.45) is 0 Å². The Labute approximate surface area is 111 Å². The summed E-state index contributed by atoms with van der Waals surface area (Å²) >= 11 is 5.52. The van der Waals surface area contributed by atoms with Gasteiger partial charge in [-0.05, 0) is 69.6 Å². The molecule has 82 valence electrons. The van der Waals surface area contributed by atoms with E-state index in [4.69, 9.17) is 0 Å². The molecule has 1 fully saturated rings. The molecule has 1 N–H and O–H groups in total. The van der Waals surface area contributed by atoms with Crippen LogP contribution in [-0.2, 0) is 10.0 Å². The highest BCUT2D eigenvalue weighted by atomic mass is 127. The fourth-order valence-corrected chi connectivity index (χ4v) is 3.33. The predicted molar refractivity (Wildman–Crippen MR) is 72.4 cm³/mol. The predicted octanol–water partition coefficient (Wildman–Crippen LogP) is 2.96. The highest BCUT2D eigenvalue weighted by molar-refractivity contribution is 14.1. The highest BCUT2D eigenvalue weighted by Crippen LogP contribution is 2.30. The zero-order chi connectivity index (χ0) is 11.1. The third kappa shape index (κ3) is 2.85. The average Bonchev–Trinajstić information content (AvgIpc) is 2.93. The fraction of sp³-hybridized carbons (Fsp3) is 0.333. The zero-order valence-corrected chi connectivity index (χ0v) is 12.3. The number of benzene rings is 1. The normalized spacial score (nSPS) is 16.4. The Bertz CT molecular complexity index is 485. The van der Waals surface area contributed by atoms with E-state index in [0.717, 1.165) is 20.9 Å². The molecule has 3 nitrogen and oxygen atoms in total. The maximum absolute atomic E-state index is 11.6. The topological polar surface area (TPSA) is 46.2 Å². The van der Waals surface area contributed by atoms with Crippen molar-refractivity contribution in [1.82, 2.24) is 0 Å². The number of hydrogen-bond acceptors (Lipinski definition) is 2. The summed E-state index contributed by atoms with van der Waals surface area (Å²) < 4.78 is 27.8. The van der Waals surface area contributed by atoms with Crippen LogP contribution in [0.1, 0.15) is 12.8 Å². The third-order valence-corrected chi connectivity index (χ3v) is 6.34. The number of anilines is 1. The molecular weight excluding hydrogens is 393 g/mol. The van der Waals surface area contributed by atoms with Crippen molar-refractivity contribution in [2.45, 2.75) is 18.1 Å². The van der Waals surface area contributed by atoms with Crippen molar-refractivity contribution in [3.63, 3.8) is 0 Å². The zero-order valence-electron chi connectivity index (χ0n) is 7.70. The van der Waals surface area contributed by atoms with E-state index in [1.807, 2.05) is 12.1 Å². The summed E-state index contributed by atoms with van der Waals surface area (Å²) in [6, 6.07) is 5.41. The van der Waals surface area contributed by atoms with Crippen molar-refractivity contribution < 1.29 is 8.42 Å². The molecule has 0 bridgehead atoms. The summed E-state index contributed by atoms with van der Waals surface area (Å²) in [5.41, 5.74) is 0.634. The lowest BCUT2D eigenvalue weighted by Crippen LogP contribution is -2.17. The van der Waals surface area contributed by atoms with Crippen LogP contribution in [0.5, 0.6) is 0 Å². The number of hydrogen-bond donors (Lipinski definition) is 1. The van der Waals surface area contributed by atoms with Crippen LogP contribution in [-0.4, -0.2) is 13.7 Å². The Kier molecular flexibility index (Phi) is 3.27. The Morgan fingerprint density at radius 3 is 2.60 bits per heavy atom. The summed E-state index contributed by atoms with van der Waals surface area (Å²) in [4.78, 5) is 0. The lowest BCUT2D eigenvalue weighted by molar-refractivity contribution is 0.600. The molecule has 1 aromatic carbocycles. The Hall–Kier alpha value is 0.180. The molecule has 1 saturated carbocycles. The van der Waals surface area contributed by atoms with E-state index >= 15 is 0 Å². The van der Waals surface area contributed by atoms with E-state index in [-0.39, 0.29) is 5.25 Å². The molecule has 0 aromatic heterocycles. The van der Waals surface area contributed by atoms with Gasteiger partial charge in [-0.2, -0.15) is 0 Å². The molecule has 15 heavy (non-hydrogen) atoms. The van der Waals surface area contributed by atoms with E-state index < -0.39 is 10.0 Å². The Balaban J connectivity index is 2.21. The van der Waals surface area contributed by atoms with Crippen LogP contribution in [0.3, 0.4) is 0 Å². The van der Waals surface area contributed by atoms with Gasteiger partial charge < -0.3 is 0 Å². The first-order valence-electron chi connectivity index (χ1n) is 4.46. The second kappa shape index (κ2) is 4.21. The van der Waals surface area contributed by atoms with Crippen LogP contribution in [0.4, 0.5) is 5.69 Å². The molecule has 0 radical (unpaired) electrons. The van der Waals surface area contributed by atoms with Gasteiger partial charge in [-0.25, -0.2) is 8.42 Å². The quantitative estimate of drug-likeness (QED) is 0.791. The summed E-state index contributed by atoms with van der Waals surface area (Å²) in [6.45, 7) is 0. The molecule has 0 saturated heterocycles. The minimum atomic E-state index is -3.14. The van der Waals surface area contributed by atoms with Gasteiger partial charge in [0.15, 0.2) is 0 Å². The molecule has 0 amide bonds. The molecular formula is C9H9BrINO2S. The van der Waals surface area contributed by atoms with E-state index in [9.17, 15) is 8.42 Å². The van der Waals surface area contributed by atoms with E-state index in [1.54, 1.807) is 6.07 Å². The van der Waals surface area contributed by atoms with Crippen LogP contribution >= 0.6 is 38.5 Å². The summed E-state index contributed by atoms with van der Waals surface area (Å²) in [7, 11) is -3.14. The monoisotopic (exact) mass is 401 g/mol. The molecule has 0 atom stereocenters. The molecule has 0 aliphatic heterocycles. The molecule has 0 spiro atoms. The van der Waals surface area contributed by atoms with Gasteiger partial charge in [0.05, 0.1) is 5.25 Å². The molecule has 1 aliphatic rings. The van der Waals surface area contributed by atoms with Gasteiger partial charge in [-0.15, -0.1) is 0 Å². The fourth-order valence-electron chi connectivity index (χ4n) is 1.19. The van der Waals surface area contributed by atoms with Gasteiger partial charge in [0.25, 0.3) is 0 Å². The van der Waals surface area contributed by atoms with Gasteiger partial charge in [0, 0.05) is 13.7 Å². The molecule has 6 heteroatoms. The second-order valence-electron chi connectivity index (χ2n) is 3.48. The van der Waals surface area contributed by atoms with E-state index in [0.29, 0.717) is 5.69 Å². The number of nitrogens with one attached hydrogen (secondary N) is 1. The lowest BCUT2D eigenvalue weighted by Gasteiger charge is -2.07. The van der Waals surface area contributed by atoms with Crippen LogP contribution in [0, 0.1) is 3.57 Å². The smallest absolute Gasteiger partial charge is 0.235 e. The Morgan fingerprint density at radius 1 is 1.40 bits per heavy atom. The summed E-state index contributed by atoms with van der Waals surface area (Å²) in [5, 5.41) is -0.182. The van der Waals surface area contributed by atoms with E-state index in [2.05, 4.69) is 43.2 Å². The van der Waals surface area contributed by atoms with Crippen molar-refractivity contribution in [3.8, 4) is 0 Å². The van der Waals surface area contributed by atoms with Gasteiger partial charge in [-0.1, -0.05) is 0 Å². The lowest BCUT2D eigenvalue weighted by atomic mass is 10.3. The van der Waals surface area contributed by atoms with Gasteiger partial charge in [0.1, 0.15) is 0 Å². The van der Waals surface area contributed by atoms with Crippen molar-refractivity contribution in [1.29, 1.82) is 0 Å². The van der Waals surface area contributed by atoms with Crippen LogP contribution < -0.4 is 4.72 Å². The molecule has 0 unspecified atom stereocenters. The second-order valence-corrected chi connectivity index (χ2v) is 7.45. The first-order valence-corrected chi connectivity index (χ1v) is 7.87. The highest BCUT2D eigenvalue weighted by Gasteiger charge is 2.35. The minimum Gasteiger partial charge on any atom is -0.283 e. The Morgan fingerprint density at radius 2 is 2.07 bits per heavy atom. The maximum Gasteiger partial charge on any atom is 0.235 e. The van der Waals surface area contributed by atoms with Crippen molar-refractivity contribution >= 4 is 54.2 Å². The summed E-state index contributed by atoms with van der Waals surface area (Å²) in [5.74, 6) is 0. The van der Waals surface area contributed by atoms with Crippen LogP contribution in [0.25, 0.3) is 0 Å². The standard InChI is InChI=1S/C9H9BrINO2S/c10-8-4-1-6(5-9(8)11)12-15(13,14)7-2-3-7/h1,4-5,7,12H,2-3H2. The molecule has 0 heterocycles. The largest absolute Gasteiger partial charge is 0.283 e. The van der Waals surface area contributed by atoms with Crippen LogP contribution in [0.15, 0.2) is 22.7 Å². The van der Waals surface area contributed by atoms with Gasteiger partial charge in [-0.3, -0.25) is 4.72 Å². The van der Waals surface area contributed by atoms with Crippen molar-refractivity contribution in [2.75, 3.05) is 4.72 Å². The number of rotatable bonds is 3. The number of sulfonamides is 1. The van der Waals surface area contributed by atoms with Gasteiger partial charge >= 0.3 is 0 Å². The first kappa shape index (κ1) is 11.7. The third-order valence-electron chi connectivity index (χ3n) is 2.14. The summed E-state index contributed by atoms with van der Waals surface area (Å²) in [6.07, 6.45) is 1.56. The first-order chi connectivity index (χ1) is 6.99. The minimum absolute atomic E-state index is 0.182. The van der Waals surface area contributed by atoms with Crippen LogP contribution in [0.2, 0.25) is 0 Å².